The lowest BCUT2D eigenvalue weighted by Crippen LogP contribution is -2.10. The number of hydrogen-bond donors (Lipinski definition) is 0. The number of benzene rings is 10. The Morgan fingerprint density at radius 2 is 0.796 bits per heavy atom. The maximum absolute atomic E-state index is 2.45. The first-order valence-corrected chi connectivity index (χ1v) is 19.3. The second kappa shape index (κ2) is 12.4. The summed E-state index contributed by atoms with van der Waals surface area (Å²) in [5.74, 6) is 0. The predicted octanol–water partition coefficient (Wildman–Crippen LogP) is 15.5. The number of rotatable bonds is 5. The molecule has 0 unspecified atom stereocenters. The van der Waals surface area contributed by atoms with Gasteiger partial charge in [0.15, 0.2) is 0 Å². The second-order valence-corrected chi connectivity index (χ2v) is 15.1. The van der Waals surface area contributed by atoms with E-state index in [9.17, 15) is 0 Å². The maximum Gasteiger partial charge on any atom is 0.0546 e. The van der Waals surface area contributed by atoms with Crippen molar-refractivity contribution in [1.29, 1.82) is 0 Å². The smallest absolute Gasteiger partial charge is 0.0546 e. The van der Waals surface area contributed by atoms with E-state index in [1.165, 1.54) is 85.5 Å². The molecular formula is C52H33NS. The van der Waals surface area contributed by atoms with Gasteiger partial charge in [-0.25, -0.2) is 0 Å². The first kappa shape index (κ1) is 30.8. The summed E-state index contributed by atoms with van der Waals surface area (Å²) in [6.07, 6.45) is 0. The molecule has 2 heteroatoms. The summed E-state index contributed by atoms with van der Waals surface area (Å²) in [6, 6.07) is 73.5. The molecule has 10 aromatic carbocycles. The summed E-state index contributed by atoms with van der Waals surface area (Å²) < 4.78 is 2.66. The summed E-state index contributed by atoms with van der Waals surface area (Å²) in [5, 5.41) is 12.6. The molecule has 0 bridgehead atoms. The number of thiophene rings is 1. The van der Waals surface area contributed by atoms with Gasteiger partial charge in [0.1, 0.15) is 0 Å². The molecule has 252 valence electrons. The van der Waals surface area contributed by atoms with Crippen LogP contribution >= 0.6 is 11.3 Å². The van der Waals surface area contributed by atoms with Crippen molar-refractivity contribution in [2.24, 2.45) is 0 Å². The Hall–Kier alpha value is -6.74. The van der Waals surface area contributed by atoms with Crippen LogP contribution in [0, 0.1) is 0 Å². The third-order valence-electron chi connectivity index (χ3n) is 11.0. The predicted molar refractivity (Wildman–Crippen MR) is 235 cm³/mol. The molecule has 1 nitrogen and oxygen atoms in total. The van der Waals surface area contributed by atoms with Crippen molar-refractivity contribution in [2.75, 3.05) is 4.90 Å². The van der Waals surface area contributed by atoms with Crippen LogP contribution in [0.15, 0.2) is 200 Å². The highest BCUT2D eigenvalue weighted by molar-refractivity contribution is 7.26. The Balaban J connectivity index is 1.11. The number of hydrogen-bond acceptors (Lipinski definition) is 2. The molecule has 1 aromatic heterocycles. The monoisotopic (exact) mass is 703 g/mol. The second-order valence-electron chi connectivity index (χ2n) is 14.1. The fourth-order valence-corrected chi connectivity index (χ4v) is 9.83. The zero-order valence-corrected chi connectivity index (χ0v) is 30.2. The largest absolute Gasteiger partial charge is 0.310 e. The van der Waals surface area contributed by atoms with Crippen LogP contribution in [-0.2, 0) is 0 Å². The topological polar surface area (TPSA) is 3.24 Å². The van der Waals surface area contributed by atoms with Crippen LogP contribution in [0.4, 0.5) is 17.1 Å². The molecule has 1 heterocycles. The zero-order valence-electron chi connectivity index (χ0n) is 29.4. The summed E-state index contributed by atoms with van der Waals surface area (Å²) in [4.78, 5) is 2.45. The SMILES string of the molecule is c1ccc(-c2cccc3c2sc2c(-c4ccc(N(c5ccc6ccc7ccccc7c6c5)c5cc6ccccc6c6ccccc56)cc4)cccc23)cc1. The van der Waals surface area contributed by atoms with Crippen molar-refractivity contribution in [3.05, 3.63) is 200 Å². The van der Waals surface area contributed by atoms with Gasteiger partial charge in [0.05, 0.1) is 5.69 Å². The lowest BCUT2D eigenvalue weighted by atomic mass is 9.97. The molecule has 0 amide bonds. The average molecular weight is 704 g/mol. The summed E-state index contributed by atoms with van der Waals surface area (Å²) in [7, 11) is 0. The minimum absolute atomic E-state index is 1.12. The summed E-state index contributed by atoms with van der Waals surface area (Å²) in [6.45, 7) is 0. The Kier molecular flexibility index (Phi) is 7.11. The van der Waals surface area contributed by atoms with Crippen LogP contribution in [0.3, 0.4) is 0 Å². The molecule has 54 heavy (non-hydrogen) atoms. The lowest BCUT2D eigenvalue weighted by Gasteiger charge is -2.28. The van der Waals surface area contributed by atoms with Gasteiger partial charge in [-0.15, -0.1) is 11.3 Å². The van der Waals surface area contributed by atoms with Crippen molar-refractivity contribution >= 4 is 91.7 Å². The molecule has 0 aliphatic rings. The molecule has 0 saturated heterocycles. The van der Waals surface area contributed by atoms with Crippen LogP contribution in [0.25, 0.3) is 85.5 Å². The molecule has 0 fully saturated rings. The van der Waals surface area contributed by atoms with E-state index in [1.54, 1.807) is 0 Å². The highest BCUT2D eigenvalue weighted by atomic mass is 32.1. The molecule has 0 spiro atoms. The summed E-state index contributed by atoms with van der Waals surface area (Å²) in [5.41, 5.74) is 8.43. The molecule has 0 aliphatic carbocycles. The quantitative estimate of drug-likeness (QED) is 0.161. The van der Waals surface area contributed by atoms with Gasteiger partial charge in [-0.1, -0.05) is 170 Å². The lowest BCUT2D eigenvalue weighted by molar-refractivity contribution is 1.31. The van der Waals surface area contributed by atoms with E-state index >= 15 is 0 Å². The Morgan fingerprint density at radius 3 is 1.50 bits per heavy atom. The van der Waals surface area contributed by atoms with Gasteiger partial charge in [-0.05, 0) is 90.3 Å². The number of fused-ring (bicyclic) bond motifs is 9. The molecule has 11 rings (SSSR count). The fraction of sp³-hybridized carbons (Fsp3) is 0. The Labute approximate surface area is 317 Å². The van der Waals surface area contributed by atoms with Crippen molar-refractivity contribution in [3.8, 4) is 22.3 Å². The first-order valence-electron chi connectivity index (χ1n) is 18.5. The Morgan fingerprint density at radius 1 is 0.296 bits per heavy atom. The van der Waals surface area contributed by atoms with E-state index in [1.807, 2.05) is 11.3 Å². The third-order valence-corrected chi connectivity index (χ3v) is 12.3. The van der Waals surface area contributed by atoms with E-state index in [4.69, 9.17) is 0 Å². The number of anilines is 3. The van der Waals surface area contributed by atoms with Crippen LogP contribution < -0.4 is 4.90 Å². The van der Waals surface area contributed by atoms with Gasteiger partial charge < -0.3 is 4.90 Å². The number of nitrogens with zero attached hydrogens (tertiary/aromatic N) is 1. The molecule has 0 saturated carbocycles. The van der Waals surface area contributed by atoms with Gasteiger partial charge in [-0.2, -0.15) is 0 Å². The van der Waals surface area contributed by atoms with Crippen LogP contribution in [0.1, 0.15) is 0 Å². The maximum atomic E-state index is 2.45. The van der Waals surface area contributed by atoms with Gasteiger partial charge >= 0.3 is 0 Å². The van der Waals surface area contributed by atoms with Crippen molar-refractivity contribution < 1.29 is 0 Å². The molecule has 0 radical (unpaired) electrons. The van der Waals surface area contributed by atoms with Crippen molar-refractivity contribution in [1.82, 2.24) is 0 Å². The first-order chi connectivity index (χ1) is 26.8. The standard InChI is InChI=1S/C52H33NS/c1-2-12-34(13-3-1)43-20-10-22-47-48-23-11-21-44(52(48)54-51(43)47)36-26-29-39(30-27-36)53(40-31-28-37-25-24-35-14-4-6-16-41(35)49(37)33-40)50-32-38-15-5-7-17-42(38)45-18-8-9-19-46(45)50/h1-33H. The molecule has 11 aromatic rings. The van der Waals surface area contributed by atoms with E-state index in [-0.39, 0.29) is 0 Å². The van der Waals surface area contributed by atoms with Gasteiger partial charge in [-0.3, -0.25) is 0 Å². The molecular weight excluding hydrogens is 671 g/mol. The van der Waals surface area contributed by atoms with E-state index in [0.29, 0.717) is 0 Å². The minimum atomic E-state index is 1.12. The highest BCUT2D eigenvalue weighted by Crippen LogP contribution is 2.46. The van der Waals surface area contributed by atoms with Gasteiger partial charge in [0.2, 0.25) is 0 Å². The van der Waals surface area contributed by atoms with E-state index < -0.39 is 0 Å². The van der Waals surface area contributed by atoms with Crippen LogP contribution in [0.5, 0.6) is 0 Å². The highest BCUT2D eigenvalue weighted by Gasteiger charge is 2.19. The Bertz CT molecular complexity index is 3210. The van der Waals surface area contributed by atoms with E-state index in [2.05, 4.69) is 205 Å². The van der Waals surface area contributed by atoms with Crippen molar-refractivity contribution in [3.63, 3.8) is 0 Å². The fourth-order valence-electron chi connectivity index (χ4n) is 8.46. The van der Waals surface area contributed by atoms with Crippen LogP contribution in [-0.4, -0.2) is 0 Å². The molecule has 0 aliphatic heterocycles. The minimum Gasteiger partial charge on any atom is -0.310 e. The summed E-state index contributed by atoms with van der Waals surface area (Å²) >= 11 is 1.90. The third kappa shape index (κ3) is 4.92. The van der Waals surface area contributed by atoms with E-state index in [0.717, 1.165) is 17.1 Å². The van der Waals surface area contributed by atoms with Crippen LogP contribution in [0.2, 0.25) is 0 Å². The zero-order chi connectivity index (χ0) is 35.6. The van der Waals surface area contributed by atoms with Gasteiger partial charge in [0.25, 0.3) is 0 Å². The molecule has 0 atom stereocenters. The average Bonchev–Trinajstić information content (AvgIpc) is 3.64. The van der Waals surface area contributed by atoms with Gasteiger partial charge in [0, 0.05) is 36.9 Å². The van der Waals surface area contributed by atoms with Crippen molar-refractivity contribution in [2.45, 2.75) is 0 Å². The molecule has 0 N–H and O–H groups in total. The normalized spacial score (nSPS) is 11.7.